The van der Waals surface area contributed by atoms with E-state index in [2.05, 4.69) is 0 Å². The SMILES string of the molecule is CCS(=O)(=O)c1ccc(N2CCN(C(=O)c3cc(S(C)(=O)=O)ccc3OCC(C)(C)C)CC2)c(F)c1. The van der Waals surface area contributed by atoms with Gasteiger partial charge >= 0.3 is 0 Å². The Balaban J connectivity index is 1.80. The topological polar surface area (TPSA) is 101 Å². The lowest BCUT2D eigenvalue weighted by Crippen LogP contribution is -2.49. The number of nitrogens with zero attached hydrogens (tertiary/aromatic N) is 2. The first-order valence-electron chi connectivity index (χ1n) is 11.7. The van der Waals surface area contributed by atoms with Crippen molar-refractivity contribution in [3.05, 3.63) is 47.8 Å². The standard InChI is InChI=1S/C25H33FN2O6S2/c1-6-36(32,33)19-7-9-22(21(26)16-19)27-11-13-28(14-12-27)24(29)20-15-18(35(5,30)31)8-10-23(20)34-17-25(2,3)4/h7-10,15-16H,6,11-14,17H2,1-5H3. The second-order valence-electron chi connectivity index (χ2n) is 10.1. The summed E-state index contributed by atoms with van der Waals surface area (Å²) < 4.78 is 68.9. The first kappa shape index (κ1) is 27.9. The molecule has 0 radical (unpaired) electrons. The van der Waals surface area contributed by atoms with Gasteiger partial charge in [0.2, 0.25) is 0 Å². The van der Waals surface area contributed by atoms with E-state index in [1.54, 1.807) is 9.80 Å². The highest BCUT2D eigenvalue weighted by atomic mass is 32.2. The maximum Gasteiger partial charge on any atom is 0.257 e. The molecule has 0 aromatic heterocycles. The van der Waals surface area contributed by atoms with Crippen LogP contribution >= 0.6 is 0 Å². The molecule has 0 saturated carbocycles. The fraction of sp³-hybridized carbons (Fsp3) is 0.480. The first-order chi connectivity index (χ1) is 16.6. The quantitative estimate of drug-likeness (QED) is 0.531. The molecule has 8 nitrogen and oxygen atoms in total. The summed E-state index contributed by atoms with van der Waals surface area (Å²) in [6.07, 6.45) is 1.08. The molecule has 0 unspecified atom stereocenters. The molecule has 3 rings (SSSR count). The zero-order valence-electron chi connectivity index (χ0n) is 21.2. The number of rotatable bonds is 7. The van der Waals surface area contributed by atoms with Crippen molar-refractivity contribution in [2.24, 2.45) is 5.41 Å². The zero-order valence-corrected chi connectivity index (χ0v) is 22.9. The molecule has 198 valence electrons. The largest absolute Gasteiger partial charge is 0.492 e. The number of hydrogen-bond acceptors (Lipinski definition) is 7. The van der Waals surface area contributed by atoms with Crippen LogP contribution in [0.15, 0.2) is 46.2 Å². The molecule has 2 aromatic carbocycles. The minimum atomic E-state index is -3.53. The molecule has 1 saturated heterocycles. The van der Waals surface area contributed by atoms with Gasteiger partial charge in [0.1, 0.15) is 11.6 Å². The number of halogens is 1. The Hall–Kier alpha value is -2.66. The van der Waals surface area contributed by atoms with Crippen LogP contribution in [0, 0.1) is 11.2 Å². The average Bonchev–Trinajstić information content (AvgIpc) is 2.81. The lowest BCUT2D eigenvalue weighted by atomic mass is 9.98. The molecule has 0 aliphatic carbocycles. The fourth-order valence-electron chi connectivity index (χ4n) is 3.75. The number of ether oxygens (including phenoxy) is 1. The summed E-state index contributed by atoms with van der Waals surface area (Å²) in [6, 6.07) is 8.14. The van der Waals surface area contributed by atoms with Gasteiger partial charge in [0.25, 0.3) is 5.91 Å². The van der Waals surface area contributed by atoms with Gasteiger partial charge < -0.3 is 14.5 Å². The molecule has 11 heteroatoms. The molecule has 36 heavy (non-hydrogen) atoms. The van der Waals surface area contributed by atoms with Gasteiger partial charge in [-0.05, 0) is 41.8 Å². The highest BCUT2D eigenvalue weighted by Crippen LogP contribution is 2.28. The van der Waals surface area contributed by atoms with Crippen molar-refractivity contribution in [2.75, 3.05) is 49.7 Å². The molecule has 0 atom stereocenters. The van der Waals surface area contributed by atoms with Gasteiger partial charge in [-0.15, -0.1) is 0 Å². The minimum absolute atomic E-state index is 0.0248. The third kappa shape index (κ3) is 6.56. The second-order valence-corrected chi connectivity index (χ2v) is 14.4. The second kappa shape index (κ2) is 10.4. The van der Waals surface area contributed by atoms with Crippen LogP contribution in [-0.4, -0.2) is 72.4 Å². The maximum atomic E-state index is 14.8. The monoisotopic (exact) mass is 540 g/mol. The number of anilines is 1. The van der Waals surface area contributed by atoms with E-state index < -0.39 is 25.5 Å². The van der Waals surface area contributed by atoms with Crippen LogP contribution in [0.25, 0.3) is 0 Å². The van der Waals surface area contributed by atoms with E-state index in [0.29, 0.717) is 25.4 Å². The van der Waals surface area contributed by atoms with Crippen molar-refractivity contribution in [2.45, 2.75) is 37.5 Å². The van der Waals surface area contributed by atoms with Crippen molar-refractivity contribution in [1.29, 1.82) is 0 Å². The Morgan fingerprint density at radius 2 is 1.58 bits per heavy atom. The summed E-state index contributed by atoms with van der Waals surface area (Å²) in [4.78, 5) is 16.7. The summed E-state index contributed by atoms with van der Waals surface area (Å²) in [7, 11) is -7.05. The first-order valence-corrected chi connectivity index (χ1v) is 15.2. The molecule has 0 N–H and O–H groups in total. The lowest BCUT2D eigenvalue weighted by Gasteiger charge is -2.36. The molecular weight excluding hydrogens is 507 g/mol. The molecular formula is C25H33FN2O6S2. The van der Waals surface area contributed by atoms with Gasteiger partial charge in [-0.3, -0.25) is 4.79 Å². The Kier molecular flexibility index (Phi) is 8.04. The Morgan fingerprint density at radius 1 is 0.972 bits per heavy atom. The van der Waals surface area contributed by atoms with Gasteiger partial charge in [0.05, 0.1) is 33.4 Å². The number of benzene rings is 2. The van der Waals surface area contributed by atoms with E-state index in [0.717, 1.165) is 12.3 Å². The summed E-state index contributed by atoms with van der Waals surface area (Å²) in [5.41, 5.74) is 0.263. The third-order valence-corrected chi connectivity index (χ3v) is 8.68. The lowest BCUT2D eigenvalue weighted by molar-refractivity contribution is 0.0739. The van der Waals surface area contributed by atoms with Crippen LogP contribution < -0.4 is 9.64 Å². The predicted molar refractivity (Wildman–Crippen MR) is 137 cm³/mol. The van der Waals surface area contributed by atoms with E-state index >= 15 is 0 Å². The van der Waals surface area contributed by atoms with Gasteiger partial charge in [-0.2, -0.15) is 0 Å². The predicted octanol–water partition coefficient (Wildman–Crippen LogP) is 3.41. The van der Waals surface area contributed by atoms with Crippen molar-refractivity contribution in [3.63, 3.8) is 0 Å². The molecule has 1 fully saturated rings. The Bertz CT molecular complexity index is 1340. The van der Waals surface area contributed by atoms with Crippen LogP contribution in [0.3, 0.4) is 0 Å². The molecule has 0 bridgehead atoms. The number of carbonyl (C=O) groups excluding carboxylic acids is 1. The Labute approximate surface area is 212 Å². The van der Waals surface area contributed by atoms with E-state index in [1.807, 2.05) is 20.8 Å². The zero-order chi connectivity index (χ0) is 26.9. The van der Waals surface area contributed by atoms with Crippen molar-refractivity contribution >= 4 is 31.3 Å². The van der Waals surface area contributed by atoms with Crippen LogP contribution in [-0.2, 0) is 19.7 Å². The number of carbonyl (C=O) groups is 1. The minimum Gasteiger partial charge on any atom is -0.492 e. The van der Waals surface area contributed by atoms with Gasteiger partial charge in [-0.1, -0.05) is 27.7 Å². The normalized spacial score (nSPS) is 15.2. The summed E-state index contributed by atoms with van der Waals surface area (Å²) >= 11 is 0. The van der Waals surface area contributed by atoms with Crippen molar-refractivity contribution < 1.29 is 30.8 Å². The summed E-state index contributed by atoms with van der Waals surface area (Å²) in [5, 5.41) is 0. The average molecular weight is 541 g/mol. The molecule has 2 aromatic rings. The van der Waals surface area contributed by atoms with Crippen LogP contribution in [0.5, 0.6) is 5.75 Å². The highest BCUT2D eigenvalue weighted by molar-refractivity contribution is 7.91. The number of amides is 1. The fourth-order valence-corrected chi connectivity index (χ4v) is 5.29. The van der Waals surface area contributed by atoms with Crippen LogP contribution in [0.4, 0.5) is 10.1 Å². The van der Waals surface area contributed by atoms with Crippen molar-refractivity contribution in [3.8, 4) is 5.75 Å². The van der Waals surface area contributed by atoms with Gasteiger partial charge in [0, 0.05) is 32.4 Å². The van der Waals surface area contributed by atoms with Gasteiger partial charge in [-0.25, -0.2) is 21.2 Å². The molecule has 1 amide bonds. The number of piperazine rings is 1. The smallest absolute Gasteiger partial charge is 0.257 e. The number of hydrogen-bond donors (Lipinski definition) is 0. The maximum absolute atomic E-state index is 14.8. The highest BCUT2D eigenvalue weighted by Gasteiger charge is 2.28. The van der Waals surface area contributed by atoms with E-state index in [4.69, 9.17) is 4.74 Å². The van der Waals surface area contributed by atoms with Crippen LogP contribution in [0.2, 0.25) is 0 Å². The molecule has 0 spiro atoms. The van der Waals surface area contributed by atoms with E-state index in [1.165, 1.54) is 37.3 Å². The summed E-state index contributed by atoms with van der Waals surface area (Å²) in [6.45, 7) is 9.00. The van der Waals surface area contributed by atoms with E-state index in [9.17, 15) is 26.0 Å². The third-order valence-electron chi connectivity index (χ3n) is 5.84. The van der Waals surface area contributed by atoms with Crippen molar-refractivity contribution in [1.82, 2.24) is 4.90 Å². The number of sulfone groups is 2. The Morgan fingerprint density at radius 3 is 2.11 bits per heavy atom. The molecule has 1 aliphatic heterocycles. The van der Waals surface area contributed by atoms with E-state index in [-0.39, 0.29) is 51.2 Å². The van der Waals surface area contributed by atoms with Crippen LogP contribution in [0.1, 0.15) is 38.1 Å². The molecule has 1 aliphatic rings. The molecule has 1 heterocycles. The van der Waals surface area contributed by atoms with Gasteiger partial charge in [0.15, 0.2) is 19.7 Å². The summed E-state index contributed by atoms with van der Waals surface area (Å²) in [5.74, 6) is -0.811.